The Morgan fingerprint density at radius 3 is 2.89 bits per heavy atom. The maximum absolute atomic E-state index is 12.2. The minimum absolute atomic E-state index is 0.114. The lowest BCUT2D eigenvalue weighted by atomic mass is 10.0. The first kappa shape index (κ1) is 13.3. The minimum Gasteiger partial charge on any atom is -0.435 e. The Bertz CT molecular complexity index is 555. The van der Waals surface area contributed by atoms with Crippen molar-refractivity contribution >= 4 is 5.82 Å². The van der Waals surface area contributed by atoms with Gasteiger partial charge in [-0.3, -0.25) is 5.10 Å². The molecule has 0 fully saturated rings. The number of aromatic amines is 1. The highest BCUT2D eigenvalue weighted by molar-refractivity contribution is 5.69. The number of halogens is 2. The molecule has 0 aliphatic rings. The fourth-order valence-corrected chi connectivity index (χ4v) is 1.95. The zero-order valence-electron chi connectivity index (χ0n) is 10.5. The molecule has 0 atom stereocenters. The molecule has 19 heavy (non-hydrogen) atoms. The van der Waals surface area contributed by atoms with E-state index in [9.17, 15) is 8.78 Å². The van der Waals surface area contributed by atoms with Gasteiger partial charge in [0.25, 0.3) is 0 Å². The first-order chi connectivity index (χ1) is 9.11. The Kier molecular flexibility index (Phi) is 3.99. The average molecular weight is 267 g/mol. The monoisotopic (exact) mass is 267 g/mol. The predicted octanol–water partition coefficient (Wildman–Crippen LogP) is 3.21. The molecule has 0 aliphatic carbocycles. The molecule has 2 aromatic rings. The van der Waals surface area contributed by atoms with Gasteiger partial charge in [-0.15, -0.1) is 0 Å². The van der Waals surface area contributed by atoms with Crippen molar-refractivity contribution in [3.63, 3.8) is 0 Å². The lowest BCUT2D eigenvalue weighted by Crippen LogP contribution is -2.01. The van der Waals surface area contributed by atoms with Crippen molar-refractivity contribution in [2.45, 2.75) is 26.4 Å². The van der Waals surface area contributed by atoms with Gasteiger partial charge in [-0.25, -0.2) is 0 Å². The van der Waals surface area contributed by atoms with E-state index in [4.69, 9.17) is 5.73 Å². The zero-order chi connectivity index (χ0) is 13.8. The number of benzene rings is 1. The summed E-state index contributed by atoms with van der Waals surface area (Å²) in [6.07, 6.45) is 1.70. The van der Waals surface area contributed by atoms with Crippen LogP contribution < -0.4 is 10.5 Å². The summed E-state index contributed by atoms with van der Waals surface area (Å²) in [4.78, 5) is 0. The number of nitrogens with two attached hydrogens (primary N) is 1. The summed E-state index contributed by atoms with van der Waals surface area (Å²) < 4.78 is 28.8. The zero-order valence-corrected chi connectivity index (χ0v) is 10.5. The standard InChI is InChI=1S/C13H15F2N3O/c1-2-4-10-11(17-18-12(10)16)8-5-3-6-9(7-8)19-13(14)15/h3,5-7,13H,2,4H2,1H3,(H3,16,17,18). The number of H-pyrrole nitrogens is 1. The van der Waals surface area contributed by atoms with E-state index in [1.165, 1.54) is 12.1 Å². The first-order valence-electron chi connectivity index (χ1n) is 5.99. The molecule has 2 rings (SSSR count). The first-order valence-corrected chi connectivity index (χ1v) is 5.99. The average Bonchev–Trinajstić information content (AvgIpc) is 2.71. The molecule has 1 aromatic heterocycles. The van der Waals surface area contributed by atoms with E-state index in [2.05, 4.69) is 14.9 Å². The van der Waals surface area contributed by atoms with Gasteiger partial charge in [-0.05, 0) is 18.6 Å². The largest absolute Gasteiger partial charge is 0.435 e. The second-order valence-electron chi connectivity index (χ2n) is 4.12. The molecular weight excluding hydrogens is 252 g/mol. The Balaban J connectivity index is 2.36. The van der Waals surface area contributed by atoms with Crippen LogP contribution in [0.2, 0.25) is 0 Å². The van der Waals surface area contributed by atoms with Gasteiger partial charge in [0.15, 0.2) is 0 Å². The van der Waals surface area contributed by atoms with Crippen molar-refractivity contribution < 1.29 is 13.5 Å². The predicted molar refractivity (Wildman–Crippen MR) is 69.1 cm³/mol. The number of alkyl halides is 2. The molecule has 0 amide bonds. The SMILES string of the molecule is CCCc1c(N)n[nH]c1-c1cccc(OC(F)F)c1. The summed E-state index contributed by atoms with van der Waals surface area (Å²) in [5.74, 6) is 0.556. The maximum Gasteiger partial charge on any atom is 0.387 e. The highest BCUT2D eigenvalue weighted by atomic mass is 19.3. The van der Waals surface area contributed by atoms with Crippen molar-refractivity contribution in [3.8, 4) is 17.0 Å². The number of aromatic nitrogens is 2. The summed E-state index contributed by atoms with van der Waals surface area (Å²) in [5, 5.41) is 6.80. The quantitative estimate of drug-likeness (QED) is 0.874. The lowest BCUT2D eigenvalue weighted by Gasteiger charge is -2.07. The molecule has 3 N–H and O–H groups in total. The van der Waals surface area contributed by atoms with E-state index in [0.29, 0.717) is 5.82 Å². The van der Waals surface area contributed by atoms with Gasteiger partial charge in [-0.2, -0.15) is 13.9 Å². The molecule has 1 heterocycles. The third kappa shape index (κ3) is 3.01. The fourth-order valence-electron chi connectivity index (χ4n) is 1.95. The van der Waals surface area contributed by atoms with Gasteiger partial charge in [0, 0.05) is 11.1 Å². The van der Waals surface area contributed by atoms with Gasteiger partial charge in [0.05, 0.1) is 5.69 Å². The summed E-state index contributed by atoms with van der Waals surface area (Å²) in [7, 11) is 0. The van der Waals surface area contributed by atoms with Gasteiger partial charge in [0.1, 0.15) is 11.6 Å². The number of hydrogen-bond acceptors (Lipinski definition) is 3. The van der Waals surface area contributed by atoms with Crippen LogP contribution in [0.4, 0.5) is 14.6 Å². The van der Waals surface area contributed by atoms with Crippen LogP contribution in [0, 0.1) is 0 Å². The Hall–Kier alpha value is -2.11. The molecule has 0 bridgehead atoms. The number of nitrogen functional groups attached to an aromatic ring is 1. The van der Waals surface area contributed by atoms with Gasteiger partial charge in [-0.1, -0.05) is 25.5 Å². The number of rotatable bonds is 5. The molecule has 0 saturated heterocycles. The van der Waals surface area contributed by atoms with Gasteiger partial charge >= 0.3 is 6.61 Å². The van der Waals surface area contributed by atoms with Crippen molar-refractivity contribution in [3.05, 3.63) is 29.8 Å². The Morgan fingerprint density at radius 1 is 1.42 bits per heavy atom. The van der Waals surface area contributed by atoms with Crippen LogP contribution >= 0.6 is 0 Å². The summed E-state index contributed by atoms with van der Waals surface area (Å²) in [6, 6.07) is 6.47. The second kappa shape index (κ2) is 5.69. The van der Waals surface area contributed by atoms with E-state index < -0.39 is 6.61 Å². The third-order valence-electron chi connectivity index (χ3n) is 2.75. The van der Waals surface area contributed by atoms with Crippen molar-refractivity contribution in [1.29, 1.82) is 0 Å². The van der Waals surface area contributed by atoms with Crippen LogP contribution in [0.15, 0.2) is 24.3 Å². The second-order valence-corrected chi connectivity index (χ2v) is 4.12. The summed E-state index contributed by atoms with van der Waals surface area (Å²) >= 11 is 0. The lowest BCUT2D eigenvalue weighted by molar-refractivity contribution is -0.0498. The molecule has 0 unspecified atom stereocenters. The number of ether oxygens (including phenoxy) is 1. The van der Waals surface area contributed by atoms with E-state index in [-0.39, 0.29) is 5.75 Å². The molecule has 6 heteroatoms. The van der Waals surface area contributed by atoms with Crippen LogP contribution in [-0.2, 0) is 6.42 Å². The van der Waals surface area contributed by atoms with Crippen molar-refractivity contribution in [2.75, 3.05) is 5.73 Å². The smallest absolute Gasteiger partial charge is 0.387 e. The van der Waals surface area contributed by atoms with Crippen LogP contribution in [0.3, 0.4) is 0 Å². The fraction of sp³-hybridized carbons (Fsp3) is 0.308. The summed E-state index contributed by atoms with van der Waals surface area (Å²) in [5.41, 5.74) is 8.17. The van der Waals surface area contributed by atoms with E-state index >= 15 is 0 Å². The number of anilines is 1. The van der Waals surface area contributed by atoms with Crippen molar-refractivity contribution in [1.82, 2.24) is 10.2 Å². The van der Waals surface area contributed by atoms with Crippen LogP contribution in [0.5, 0.6) is 5.75 Å². The summed E-state index contributed by atoms with van der Waals surface area (Å²) in [6.45, 7) is -0.802. The third-order valence-corrected chi connectivity index (χ3v) is 2.75. The maximum atomic E-state index is 12.2. The minimum atomic E-state index is -2.84. The molecule has 1 aromatic carbocycles. The molecule has 0 aliphatic heterocycles. The highest BCUT2D eigenvalue weighted by Gasteiger charge is 2.13. The van der Waals surface area contributed by atoms with Crippen LogP contribution in [0.25, 0.3) is 11.3 Å². The molecule has 0 radical (unpaired) electrons. The molecule has 0 saturated carbocycles. The van der Waals surface area contributed by atoms with Gasteiger partial charge in [0.2, 0.25) is 0 Å². The van der Waals surface area contributed by atoms with Crippen molar-refractivity contribution in [2.24, 2.45) is 0 Å². The number of nitrogens with zero attached hydrogens (tertiary/aromatic N) is 1. The topological polar surface area (TPSA) is 63.9 Å². The van der Waals surface area contributed by atoms with E-state index in [1.54, 1.807) is 12.1 Å². The number of hydrogen-bond donors (Lipinski definition) is 2. The van der Waals surface area contributed by atoms with E-state index in [1.807, 2.05) is 6.92 Å². The Morgan fingerprint density at radius 2 is 2.21 bits per heavy atom. The molecule has 0 spiro atoms. The van der Waals surface area contributed by atoms with E-state index in [0.717, 1.165) is 29.7 Å². The molecule has 4 nitrogen and oxygen atoms in total. The number of nitrogens with one attached hydrogen (secondary N) is 1. The molecular formula is C13H15F2N3O. The van der Waals surface area contributed by atoms with Crippen LogP contribution in [0.1, 0.15) is 18.9 Å². The highest BCUT2D eigenvalue weighted by Crippen LogP contribution is 2.29. The molecule has 102 valence electrons. The normalized spacial score (nSPS) is 10.9. The van der Waals surface area contributed by atoms with Gasteiger partial charge < -0.3 is 10.5 Å². The van der Waals surface area contributed by atoms with Crippen LogP contribution in [-0.4, -0.2) is 16.8 Å². The Labute approximate surface area is 109 Å².